The lowest BCUT2D eigenvalue weighted by Crippen LogP contribution is -2.36. The molecular formula is C18H23N3O4. The Bertz CT molecular complexity index is 767. The van der Waals surface area contributed by atoms with Crippen LogP contribution in [0, 0.1) is 0 Å². The van der Waals surface area contributed by atoms with E-state index in [0.717, 1.165) is 11.3 Å². The molecule has 0 unspecified atom stereocenters. The van der Waals surface area contributed by atoms with Gasteiger partial charge in [0.1, 0.15) is 18.0 Å². The Morgan fingerprint density at radius 2 is 2.00 bits per heavy atom. The number of carbonyl (C=O) groups is 2. The number of carbonyl (C=O) groups excluding carboxylic acids is 1. The van der Waals surface area contributed by atoms with Crippen molar-refractivity contribution >= 4 is 11.9 Å². The summed E-state index contributed by atoms with van der Waals surface area (Å²) in [5.74, 6) is -0.668. The predicted molar refractivity (Wildman–Crippen MR) is 92.7 cm³/mol. The lowest BCUT2D eigenvalue weighted by molar-refractivity contribution is -0.137. The van der Waals surface area contributed by atoms with Gasteiger partial charge in [0.05, 0.1) is 19.3 Å². The third-order valence-corrected chi connectivity index (χ3v) is 3.88. The van der Waals surface area contributed by atoms with Gasteiger partial charge in [0.15, 0.2) is 0 Å². The van der Waals surface area contributed by atoms with Crippen LogP contribution in [0.4, 0.5) is 0 Å². The number of hydrogen-bond donors (Lipinski definition) is 1. The first kappa shape index (κ1) is 18.5. The average molecular weight is 345 g/mol. The van der Waals surface area contributed by atoms with E-state index in [2.05, 4.69) is 5.10 Å². The molecule has 7 nitrogen and oxygen atoms in total. The highest BCUT2D eigenvalue weighted by molar-refractivity contribution is 5.94. The number of aromatic nitrogens is 2. The van der Waals surface area contributed by atoms with Crippen LogP contribution < -0.4 is 4.74 Å². The van der Waals surface area contributed by atoms with E-state index in [1.54, 1.807) is 19.2 Å². The first-order valence-electron chi connectivity index (χ1n) is 8.00. The Hall–Kier alpha value is -2.83. The topological polar surface area (TPSA) is 84.7 Å². The van der Waals surface area contributed by atoms with E-state index < -0.39 is 12.5 Å². The maximum atomic E-state index is 12.9. The minimum absolute atomic E-state index is 0.136. The van der Waals surface area contributed by atoms with Gasteiger partial charge in [-0.1, -0.05) is 32.0 Å². The summed E-state index contributed by atoms with van der Waals surface area (Å²) in [6, 6.07) is 8.94. The Morgan fingerprint density at radius 3 is 2.56 bits per heavy atom. The van der Waals surface area contributed by atoms with Crippen molar-refractivity contribution in [2.75, 3.05) is 13.7 Å². The molecule has 0 radical (unpaired) electrons. The monoisotopic (exact) mass is 345 g/mol. The third kappa shape index (κ3) is 4.37. The first-order valence-corrected chi connectivity index (χ1v) is 8.00. The summed E-state index contributed by atoms with van der Waals surface area (Å²) in [5.41, 5.74) is 1.89. The van der Waals surface area contributed by atoms with Crippen LogP contribution in [-0.4, -0.2) is 45.3 Å². The molecule has 0 fully saturated rings. The summed E-state index contributed by atoms with van der Waals surface area (Å²) in [6.45, 7) is 3.71. The van der Waals surface area contributed by atoms with Gasteiger partial charge in [-0.05, 0) is 18.1 Å². The van der Waals surface area contributed by atoms with Crippen LogP contribution in [-0.2, 0) is 18.4 Å². The van der Waals surface area contributed by atoms with Crippen LogP contribution in [0.2, 0.25) is 0 Å². The van der Waals surface area contributed by atoms with Gasteiger partial charge in [-0.15, -0.1) is 0 Å². The fourth-order valence-electron chi connectivity index (χ4n) is 2.54. The maximum Gasteiger partial charge on any atom is 0.323 e. The zero-order chi connectivity index (χ0) is 18.6. The molecule has 0 atom stereocenters. The molecule has 0 aliphatic carbocycles. The number of para-hydroxylation sites is 1. The quantitative estimate of drug-likeness (QED) is 0.832. The number of hydrogen-bond acceptors (Lipinski definition) is 4. The molecule has 0 aliphatic heterocycles. The first-order chi connectivity index (χ1) is 11.8. The number of rotatable bonds is 7. The van der Waals surface area contributed by atoms with Crippen molar-refractivity contribution in [1.29, 1.82) is 0 Å². The molecule has 0 spiro atoms. The Labute approximate surface area is 146 Å². The molecule has 0 saturated heterocycles. The van der Waals surface area contributed by atoms with Crippen molar-refractivity contribution in [3.05, 3.63) is 47.3 Å². The number of carboxylic acids is 1. The molecule has 1 N–H and O–H groups in total. The standard InChI is InChI=1S/C18H23N3O4/c1-12(2)14-9-15(20(3)19-14)18(24)21(11-17(22)23)10-13-7-5-6-8-16(13)25-4/h5-9,12H,10-11H2,1-4H3,(H,22,23). The number of amides is 1. The van der Waals surface area contributed by atoms with Gasteiger partial charge >= 0.3 is 5.97 Å². The van der Waals surface area contributed by atoms with Gasteiger partial charge in [0.25, 0.3) is 5.91 Å². The second-order valence-corrected chi connectivity index (χ2v) is 6.10. The molecule has 134 valence electrons. The fourth-order valence-corrected chi connectivity index (χ4v) is 2.54. The summed E-state index contributed by atoms with van der Waals surface area (Å²) in [5, 5.41) is 13.5. The van der Waals surface area contributed by atoms with Crippen LogP contribution in [0.3, 0.4) is 0 Å². The summed E-state index contributed by atoms with van der Waals surface area (Å²) in [7, 11) is 3.22. The summed E-state index contributed by atoms with van der Waals surface area (Å²) >= 11 is 0. The van der Waals surface area contributed by atoms with Gasteiger partial charge in [-0.3, -0.25) is 14.3 Å². The van der Waals surface area contributed by atoms with Crippen LogP contribution in [0.1, 0.15) is 41.5 Å². The normalized spacial score (nSPS) is 10.8. The highest BCUT2D eigenvalue weighted by atomic mass is 16.5. The van der Waals surface area contributed by atoms with E-state index in [0.29, 0.717) is 11.4 Å². The molecule has 1 aromatic carbocycles. The van der Waals surface area contributed by atoms with Gasteiger partial charge in [-0.2, -0.15) is 5.10 Å². The minimum atomic E-state index is -1.07. The number of aryl methyl sites for hydroxylation is 1. The van der Waals surface area contributed by atoms with Crippen LogP contribution in [0.5, 0.6) is 5.75 Å². The van der Waals surface area contributed by atoms with Gasteiger partial charge in [0, 0.05) is 12.6 Å². The second kappa shape index (κ2) is 7.83. The summed E-state index contributed by atoms with van der Waals surface area (Å²) in [4.78, 5) is 25.4. The fraction of sp³-hybridized carbons (Fsp3) is 0.389. The van der Waals surface area contributed by atoms with Crippen molar-refractivity contribution in [1.82, 2.24) is 14.7 Å². The maximum absolute atomic E-state index is 12.9. The molecule has 25 heavy (non-hydrogen) atoms. The van der Waals surface area contributed by atoms with E-state index in [9.17, 15) is 14.7 Å². The van der Waals surface area contributed by atoms with Crippen LogP contribution in [0.25, 0.3) is 0 Å². The predicted octanol–water partition coefficient (Wildman–Crippen LogP) is 2.28. The van der Waals surface area contributed by atoms with Gasteiger partial charge in [-0.25, -0.2) is 0 Å². The number of carboxylic acid groups (broad SMARTS) is 1. The second-order valence-electron chi connectivity index (χ2n) is 6.10. The number of benzene rings is 1. The molecular weight excluding hydrogens is 322 g/mol. The Balaban J connectivity index is 2.33. The molecule has 0 aliphatic rings. The molecule has 2 aromatic rings. The largest absolute Gasteiger partial charge is 0.496 e. The van der Waals surface area contributed by atoms with E-state index in [-0.39, 0.29) is 18.4 Å². The lowest BCUT2D eigenvalue weighted by Gasteiger charge is -2.21. The summed E-state index contributed by atoms with van der Waals surface area (Å²) in [6.07, 6.45) is 0. The van der Waals surface area contributed by atoms with Crippen molar-refractivity contribution in [3.8, 4) is 5.75 Å². The van der Waals surface area contributed by atoms with Crippen molar-refractivity contribution < 1.29 is 19.4 Å². The number of ether oxygens (including phenoxy) is 1. The van der Waals surface area contributed by atoms with Gasteiger partial charge < -0.3 is 14.7 Å². The molecule has 1 aromatic heterocycles. The summed E-state index contributed by atoms with van der Waals surface area (Å²) < 4.78 is 6.79. The van der Waals surface area contributed by atoms with E-state index in [4.69, 9.17) is 4.74 Å². The van der Waals surface area contributed by atoms with Crippen molar-refractivity contribution in [2.45, 2.75) is 26.3 Å². The molecule has 2 rings (SSSR count). The minimum Gasteiger partial charge on any atom is -0.496 e. The molecule has 0 bridgehead atoms. The number of methoxy groups -OCH3 is 1. The van der Waals surface area contributed by atoms with Crippen molar-refractivity contribution in [3.63, 3.8) is 0 Å². The average Bonchev–Trinajstić information content (AvgIpc) is 2.95. The Morgan fingerprint density at radius 1 is 1.32 bits per heavy atom. The Kier molecular flexibility index (Phi) is 5.80. The lowest BCUT2D eigenvalue weighted by atomic mass is 10.1. The van der Waals surface area contributed by atoms with Crippen LogP contribution >= 0.6 is 0 Å². The van der Waals surface area contributed by atoms with E-state index in [1.807, 2.05) is 32.0 Å². The zero-order valence-electron chi connectivity index (χ0n) is 14.9. The number of nitrogens with zero attached hydrogens (tertiary/aromatic N) is 3. The molecule has 0 saturated carbocycles. The van der Waals surface area contributed by atoms with Crippen molar-refractivity contribution in [2.24, 2.45) is 7.05 Å². The third-order valence-electron chi connectivity index (χ3n) is 3.88. The zero-order valence-corrected chi connectivity index (χ0v) is 14.9. The highest BCUT2D eigenvalue weighted by Gasteiger charge is 2.24. The molecule has 1 amide bonds. The van der Waals surface area contributed by atoms with Gasteiger partial charge in [0.2, 0.25) is 0 Å². The smallest absolute Gasteiger partial charge is 0.323 e. The molecule has 1 heterocycles. The number of aliphatic carboxylic acids is 1. The van der Waals surface area contributed by atoms with E-state index in [1.165, 1.54) is 16.7 Å². The SMILES string of the molecule is COc1ccccc1CN(CC(=O)O)C(=O)c1cc(C(C)C)nn1C. The molecule has 7 heteroatoms. The van der Waals surface area contributed by atoms with Crippen LogP contribution in [0.15, 0.2) is 30.3 Å². The van der Waals surface area contributed by atoms with E-state index >= 15 is 0 Å². The highest BCUT2D eigenvalue weighted by Crippen LogP contribution is 2.21.